The minimum Gasteiger partial charge on any atom is -0.444 e. The van der Waals surface area contributed by atoms with Crippen LogP contribution >= 0.6 is 15.9 Å². The number of hydrogen-bond donors (Lipinski definition) is 0. The Hall–Kier alpha value is -1.29. The largest absolute Gasteiger partial charge is 0.444 e. The second kappa shape index (κ2) is 6.55. The molecule has 1 saturated carbocycles. The monoisotopic (exact) mass is 391 g/mol. The summed E-state index contributed by atoms with van der Waals surface area (Å²) in [6.07, 6.45) is 6.75. The average Bonchev–Trinajstić information content (AvgIpc) is 2.46. The van der Waals surface area contributed by atoms with E-state index in [2.05, 4.69) is 40.2 Å². The summed E-state index contributed by atoms with van der Waals surface area (Å²) < 4.78 is 6.61. The summed E-state index contributed by atoms with van der Waals surface area (Å²) in [5.41, 5.74) is 2.68. The van der Waals surface area contributed by atoms with Crippen molar-refractivity contribution in [3.63, 3.8) is 0 Å². The Morgan fingerprint density at radius 1 is 1.21 bits per heavy atom. The second-order valence-electron chi connectivity index (χ2n) is 8.16. The van der Waals surface area contributed by atoms with E-state index in [1.807, 2.05) is 31.7 Å². The van der Waals surface area contributed by atoms with Crippen LogP contribution in [0.1, 0.15) is 52.0 Å². The van der Waals surface area contributed by atoms with E-state index in [4.69, 9.17) is 4.74 Å². The number of carbonyl (C=O) groups excluding carboxylic acids is 1. The van der Waals surface area contributed by atoms with Crippen molar-refractivity contribution in [2.75, 3.05) is 13.1 Å². The van der Waals surface area contributed by atoms with Gasteiger partial charge in [-0.15, -0.1) is 0 Å². The number of allylic oxidation sites excluding steroid dienone is 1. The standard InChI is InChI=1S/C20H26BrNO2/c1-19(2,3)24-18(23)22-13-20(14-22)10-8-15(9-11-20)12-16-6-4-5-7-17(16)21/h4-7,12H,8-11,13-14H2,1-3H3. The van der Waals surface area contributed by atoms with Crippen LogP contribution in [0.2, 0.25) is 0 Å². The summed E-state index contributed by atoms with van der Waals surface area (Å²) in [4.78, 5) is 14.0. The lowest BCUT2D eigenvalue weighted by Gasteiger charge is -2.52. The predicted molar refractivity (Wildman–Crippen MR) is 101 cm³/mol. The van der Waals surface area contributed by atoms with Gasteiger partial charge in [-0.25, -0.2) is 4.79 Å². The highest BCUT2D eigenvalue weighted by Gasteiger charge is 2.47. The number of nitrogens with zero attached hydrogens (tertiary/aromatic N) is 1. The third-order valence-electron chi connectivity index (χ3n) is 4.92. The summed E-state index contributed by atoms with van der Waals surface area (Å²) in [6, 6.07) is 8.35. The molecule has 0 unspecified atom stereocenters. The van der Waals surface area contributed by atoms with E-state index in [1.54, 1.807) is 0 Å². The molecule has 0 atom stereocenters. The number of hydrogen-bond acceptors (Lipinski definition) is 2. The van der Waals surface area contributed by atoms with E-state index in [0.717, 1.165) is 30.4 Å². The lowest BCUT2D eigenvalue weighted by atomic mass is 9.67. The Morgan fingerprint density at radius 3 is 2.42 bits per heavy atom. The van der Waals surface area contributed by atoms with Crippen LogP contribution in [0.25, 0.3) is 6.08 Å². The number of halogens is 1. The zero-order valence-corrected chi connectivity index (χ0v) is 16.4. The molecule has 4 heteroatoms. The van der Waals surface area contributed by atoms with Gasteiger partial charge in [-0.1, -0.05) is 45.8 Å². The van der Waals surface area contributed by atoms with Gasteiger partial charge in [-0.3, -0.25) is 0 Å². The van der Waals surface area contributed by atoms with Gasteiger partial charge in [0.15, 0.2) is 0 Å². The van der Waals surface area contributed by atoms with Crippen molar-refractivity contribution in [2.45, 2.75) is 52.1 Å². The Balaban J connectivity index is 1.54. The first-order chi connectivity index (χ1) is 11.3. The molecule has 1 saturated heterocycles. The van der Waals surface area contributed by atoms with Crippen molar-refractivity contribution in [1.82, 2.24) is 4.90 Å². The fourth-order valence-corrected chi connectivity index (χ4v) is 3.99. The van der Waals surface area contributed by atoms with Gasteiger partial charge in [0.05, 0.1) is 0 Å². The van der Waals surface area contributed by atoms with E-state index in [-0.39, 0.29) is 6.09 Å². The van der Waals surface area contributed by atoms with E-state index in [0.29, 0.717) is 5.41 Å². The smallest absolute Gasteiger partial charge is 0.410 e. The molecule has 24 heavy (non-hydrogen) atoms. The van der Waals surface area contributed by atoms with Crippen LogP contribution in [0.3, 0.4) is 0 Å². The van der Waals surface area contributed by atoms with Gasteiger partial charge >= 0.3 is 6.09 Å². The van der Waals surface area contributed by atoms with Crippen LogP contribution in [0, 0.1) is 5.41 Å². The number of likely N-dealkylation sites (tertiary alicyclic amines) is 1. The number of carbonyl (C=O) groups is 1. The van der Waals surface area contributed by atoms with E-state index >= 15 is 0 Å². The summed E-state index contributed by atoms with van der Waals surface area (Å²) in [5, 5.41) is 0. The molecule has 3 nitrogen and oxygen atoms in total. The first-order valence-corrected chi connectivity index (χ1v) is 9.48. The SMILES string of the molecule is CC(C)(C)OC(=O)N1CC2(CCC(=Cc3ccccc3Br)CC2)C1. The van der Waals surface area contributed by atoms with Gasteiger partial charge in [0.1, 0.15) is 5.60 Å². The molecule has 3 rings (SSSR count). The van der Waals surface area contributed by atoms with Crippen LogP contribution in [0.5, 0.6) is 0 Å². The average molecular weight is 392 g/mol. The minimum absolute atomic E-state index is 0.164. The molecule has 0 radical (unpaired) electrons. The third kappa shape index (κ3) is 4.02. The number of amides is 1. The van der Waals surface area contributed by atoms with Crippen molar-refractivity contribution in [3.05, 3.63) is 39.9 Å². The zero-order chi connectivity index (χ0) is 17.4. The molecule has 1 aliphatic heterocycles. The Morgan fingerprint density at radius 2 is 1.83 bits per heavy atom. The van der Waals surface area contributed by atoms with E-state index < -0.39 is 5.60 Å². The van der Waals surface area contributed by atoms with E-state index in [9.17, 15) is 4.79 Å². The Kier molecular flexibility index (Phi) is 4.78. The van der Waals surface area contributed by atoms with E-state index in [1.165, 1.54) is 24.0 Å². The van der Waals surface area contributed by atoms with Crippen LogP contribution in [-0.4, -0.2) is 29.7 Å². The summed E-state index contributed by atoms with van der Waals surface area (Å²) in [7, 11) is 0. The number of ether oxygens (including phenoxy) is 1. The van der Waals surface area contributed by atoms with Crippen LogP contribution < -0.4 is 0 Å². The molecular formula is C20H26BrNO2. The topological polar surface area (TPSA) is 29.5 Å². The lowest BCUT2D eigenvalue weighted by molar-refractivity contribution is -0.0444. The quantitative estimate of drug-likeness (QED) is 0.619. The molecular weight excluding hydrogens is 366 g/mol. The number of benzene rings is 1. The summed E-state index contributed by atoms with van der Waals surface area (Å²) in [6.45, 7) is 7.45. The molecule has 1 heterocycles. The third-order valence-corrected chi connectivity index (χ3v) is 5.64. The van der Waals surface area contributed by atoms with Crippen molar-refractivity contribution < 1.29 is 9.53 Å². The van der Waals surface area contributed by atoms with Gasteiger partial charge < -0.3 is 9.64 Å². The van der Waals surface area contributed by atoms with Crippen molar-refractivity contribution in [3.8, 4) is 0 Å². The molecule has 1 aliphatic carbocycles. The molecule has 130 valence electrons. The highest BCUT2D eigenvalue weighted by atomic mass is 79.9. The maximum atomic E-state index is 12.1. The molecule has 1 amide bonds. The van der Waals surface area contributed by atoms with Gasteiger partial charge in [0, 0.05) is 23.0 Å². The van der Waals surface area contributed by atoms with Gasteiger partial charge in [-0.2, -0.15) is 0 Å². The van der Waals surface area contributed by atoms with Gasteiger partial charge in [-0.05, 0) is 58.1 Å². The molecule has 0 bridgehead atoms. The van der Waals surface area contributed by atoms with Crippen molar-refractivity contribution >= 4 is 28.1 Å². The normalized spacial score (nSPS) is 19.8. The molecule has 0 N–H and O–H groups in total. The van der Waals surface area contributed by atoms with Crippen LogP contribution in [0.4, 0.5) is 4.79 Å². The first kappa shape index (κ1) is 17.5. The highest BCUT2D eigenvalue weighted by molar-refractivity contribution is 9.10. The van der Waals surface area contributed by atoms with Gasteiger partial charge in [0.25, 0.3) is 0 Å². The minimum atomic E-state index is -0.411. The first-order valence-electron chi connectivity index (χ1n) is 8.68. The van der Waals surface area contributed by atoms with Crippen LogP contribution in [0.15, 0.2) is 34.3 Å². The van der Waals surface area contributed by atoms with Crippen molar-refractivity contribution in [1.29, 1.82) is 0 Å². The highest BCUT2D eigenvalue weighted by Crippen LogP contribution is 2.46. The molecule has 2 aliphatic rings. The predicted octanol–water partition coefficient (Wildman–Crippen LogP) is 5.64. The Labute approximate surface area is 153 Å². The summed E-state index contributed by atoms with van der Waals surface area (Å²) >= 11 is 3.62. The second-order valence-corrected chi connectivity index (χ2v) is 9.01. The molecule has 0 aromatic heterocycles. The maximum absolute atomic E-state index is 12.1. The fourth-order valence-electron chi connectivity index (χ4n) is 3.59. The fraction of sp³-hybridized carbons (Fsp3) is 0.550. The van der Waals surface area contributed by atoms with Gasteiger partial charge in [0.2, 0.25) is 0 Å². The lowest BCUT2D eigenvalue weighted by Crippen LogP contribution is -2.59. The summed E-state index contributed by atoms with van der Waals surface area (Å²) in [5.74, 6) is 0. The molecule has 1 aromatic rings. The van der Waals surface area contributed by atoms with Crippen molar-refractivity contribution in [2.24, 2.45) is 5.41 Å². The Bertz CT molecular complexity index is 642. The van der Waals surface area contributed by atoms with Crippen LogP contribution in [-0.2, 0) is 4.74 Å². The zero-order valence-electron chi connectivity index (χ0n) is 14.8. The maximum Gasteiger partial charge on any atom is 0.410 e. The molecule has 1 aromatic carbocycles. The number of rotatable bonds is 1. The molecule has 2 fully saturated rings. The molecule has 1 spiro atoms.